The smallest absolute Gasteiger partial charge is 0.224 e. The van der Waals surface area contributed by atoms with Gasteiger partial charge in [0, 0.05) is 41.2 Å². The summed E-state index contributed by atoms with van der Waals surface area (Å²) in [6, 6.07) is 4.55. The number of rotatable bonds is 6. The quantitative estimate of drug-likeness (QED) is 0.844. The van der Waals surface area contributed by atoms with Crippen molar-refractivity contribution in [3.63, 3.8) is 0 Å². The third-order valence-electron chi connectivity index (χ3n) is 4.37. The molecule has 0 saturated heterocycles. The number of hydrogen-bond donors (Lipinski definition) is 2. The summed E-state index contributed by atoms with van der Waals surface area (Å²) in [4.78, 5) is 27.6. The van der Waals surface area contributed by atoms with E-state index in [1.54, 1.807) is 18.3 Å². The summed E-state index contributed by atoms with van der Waals surface area (Å²) in [7, 11) is 0. The second-order valence-corrected chi connectivity index (χ2v) is 6.09. The molecule has 5 nitrogen and oxygen atoms in total. The van der Waals surface area contributed by atoms with Crippen LogP contribution in [-0.4, -0.2) is 17.5 Å². The molecule has 1 amide bonds. The predicted octanol–water partition coefficient (Wildman–Crippen LogP) is 2.26. The number of fused-ring (bicyclic) bond motifs is 1. The van der Waals surface area contributed by atoms with Gasteiger partial charge in [-0.1, -0.05) is 6.07 Å². The molecule has 132 valence electrons. The maximum atomic E-state index is 14.0. The normalized spacial score (nSPS) is 12.7. The number of pyridine rings is 1. The molecule has 2 N–H and O–H groups in total. The molecule has 1 aromatic heterocycles. The Labute approximate surface area is 145 Å². The molecule has 0 saturated carbocycles. The molecule has 1 aliphatic carbocycles. The van der Waals surface area contributed by atoms with Crippen LogP contribution in [0, 0.1) is 5.82 Å². The van der Waals surface area contributed by atoms with Gasteiger partial charge in [0.05, 0.1) is 13.0 Å². The SMILES string of the molecule is CCOc1ccc(CNC(=O)Cc2c[nH]c3c(c2=O)CCC3)c(F)c1. The van der Waals surface area contributed by atoms with Crippen molar-refractivity contribution in [1.82, 2.24) is 10.3 Å². The van der Waals surface area contributed by atoms with Gasteiger partial charge in [-0.15, -0.1) is 0 Å². The van der Waals surface area contributed by atoms with E-state index in [1.165, 1.54) is 6.07 Å². The lowest BCUT2D eigenvalue weighted by molar-refractivity contribution is -0.120. The van der Waals surface area contributed by atoms with Crippen LogP contribution in [0.5, 0.6) is 5.75 Å². The van der Waals surface area contributed by atoms with Crippen molar-refractivity contribution in [2.75, 3.05) is 6.61 Å². The van der Waals surface area contributed by atoms with Gasteiger partial charge in [0.1, 0.15) is 11.6 Å². The number of ether oxygens (including phenoxy) is 1. The Kier molecular flexibility index (Phi) is 5.16. The third-order valence-corrected chi connectivity index (χ3v) is 4.37. The zero-order chi connectivity index (χ0) is 17.8. The van der Waals surface area contributed by atoms with Gasteiger partial charge in [-0.25, -0.2) is 4.39 Å². The molecule has 1 heterocycles. The summed E-state index contributed by atoms with van der Waals surface area (Å²) in [6.45, 7) is 2.36. The molecule has 0 unspecified atom stereocenters. The molecular formula is C19H21FN2O3. The summed E-state index contributed by atoms with van der Waals surface area (Å²) < 4.78 is 19.2. The first-order valence-corrected chi connectivity index (χ1v) is 8.48. The number of carbonyl (C=O) groups excluding carboxylic acids is 1. The molecule has 1 aliphatic rings. The number of amides is 1. The van der Waals surface area contributed by atoms with Crippen LogP contribution >= 0.6 is 0 Å². The highest BCUT2D eigenvalue weighted by Crippen LogP contribution is 2.17. The molecular weight excluding hydrogens is 323 g/mol. The molecule has 0 aliphatic heterocycles. The zero-order valence-corrected chi connectivity index (χ0v) is 14.2. The van der Waals surface area contributed by atoms with Gasteiger partial charge in [-0.05, 0) is 32.3 Å². The Hall–Kier alpha value is -2.63. The van der Waals surface area contributed by atoms with E-state index < -0.39 is 5.82 Å². The fraction of sp³-hybridized carbons (Fsp3) is 0.368. The van der Waals surface area contributed by atoms with E-state index in [4.69, 9.17) is 4.74 Å². The molecule has 0 spiro atoms. The summed E-state index contributed by atoms with van der Waals surface area (Å²) >= 11 is 0. The van der Waals surface area contributed by atoms with Crippen LogP contribution in [0.2, 0.25) is 0 Å². The maximum Gasteiger partial charge on any atom is 0.224 e. The number of hydrogen-bond acceptors (Lipinski definition) is 3. The molecule has 0 radical (unpaired) electrons. The second kappa shape index (κ2) is 7.51. The lowest BCUT2D eigenvalue weighted by Gasteiger charge is -2.09. The zero-order valence-electron chi connectivity index (χ0n) is 14.2. The van der Waals surface area contributed by atoms with E-state index in [2.05, 4.69) is 10.3 Å². The van der Waals surface area contributed by atoms with E-state index in [1.807, 2.05) is 6.92 Å². The third kappa shape index (κ3) is 3.90. The van der Waals surface area contributed by atoms with Crippen molar-refractivity contribution in [3.8, 4) is 5.75 Å². The number of aryl methyl sites for hydroxylation is 1. The Bertz CT molecular complexity index is 845. The van der Waals surface area contributed by atoms with Gasteiger partial charge in [-0.2, -0.15) is 0 Å². The fourth-order valence-corrected chi connectivity index (χ4v) is 3.08. The van der Waals surface area contributed by atoms with Gasteiger partial charge in [0.25, 0.3) is 0 Å². The first-order valence-electron chi connectivity index (χ1n) is 8.48. The van der Waals surface area contributed by atoms with Gasteiger partial charge in [-0.3, -0.25) is 9.59 Å². The van der Waals surface area contributed by atoms with Crippen molar-refractivity contribution in [2.24, 2.45) is 0 Å². The average molecular weight is 344 g/mol. The standard InChI is InChI=1S/C19H21FN2O3/c1-2-25-14-7-6-12(16(20)9-14)10-22-18(23)8-13-11-21-17-5-3-4-15(17)19(13)24/h6-7,9,11H,2-5,8,10H2,1H3,(H,21,24)(H,22,23). The molecule has 0 fully saturated rings. The van der Waals surface area contributed by atoms with Crippen molar-refractivity contribution in [3.05, 3.63) is 62.8 Å². The monoisotopic (exact) mass is 344 g/mol. The maximum absolute atomic E-state index is 14.0. The second-order valence-electron chi connectivity index (χ2n) is 6.09. The van der Waals surface area contributed by atoms with Crippen LogP contribution in [0.15, 0.2) is 29.2 Å². The van der Waals surface area contributed by atoms with Crippen LogP contribution in [0.25, 0.3) is 0 Å². The molecule has 2 aromatic rings. The largest absolute Gasteiger partial charge is 0.494 e. The summed E-state index contributed by atoms with van der Waals surface area (Å²) in [6.07, 6.45) is 4.21. The van der Waals surface area contributed by atoms with E-state index in [-0.39, 0.29) is 24.3 Å². The number of aromatic amines is 1. The van der Waals surface area contributed by atoms with E-state index in [9.17, 15) is 14.0 Å². The predicted molar refractivity (Wildman–Crippen MR) is 92.2 cm³/mol. The summed E-state index contributed by atoms with van der Waals surface area (Å²) in [5.41, 5.74) is 2.55. The first-order chi connectivity index (χ1) is 12.1. The Morgan fingerprint density at radius 2 is 2.16 bits per heavy atom. The molecule has 1 aromatic carbocycles. The van der Waals surface area contributed by atoms with Crippen molar-refractivity contribution in [2.45, 2.75) is 39.2 Å². The number of halogens is 1. The number of H-pyrrole nitrogens is 1. The van der Waals surface area contributed by atoms with Crippen LogP contribution in [0.1, 0.15) is 35.7 Å². The van der Waals surface area contributed by atoms with Crippen LogP contribution in [-0.2, 0) is 30.6 Å². The van der Waals surface area contributed by atoms with Crippen molar-refractivity contribution >= 4 is 5.91 Å². The minimum Gasteiger partial charge on any atom is -0.494 e. The van der Waals surface area contributed by atoms with Crippen LogP contribution in [0.4, 0.5) is 4.39 Å². The van der Waals surface area contributed by atoms with Crippen LogP contribution in [0.3, 0.4) is 0 Å². The highest BCUT2D eigenvalue weighted by atomic mass is 19.1. The lowest BCUT2D eigenvalue weighted by Crippen LogP contribution is -2.28. The molecule has 25 heavy (non-hydrogen) atoms. The van der Waals surface area contributed by atoms with Crippen molar-refractivity contribution < 1.29 is 13.9 Å². The Morgan fingerprint density at radius 3 is 2.92 bits per heavy atom. The summed E-state index contributed by atoms with van der Waals surface area (Å²) in [5.74, 6) is -0.280. The number of nitrogens with one attached hydrogen (secondary N) is 2. The first kappa shape index (κ1) is 17.2. The lowest BCUT2D eigenvalue weighted by atomic mass is 10.1. The number of carbonyl (C=O) groups is 1. The van der Waals surface area contributed by atoms with Crippen LogP contribution < -0.4 is 15.5 Å². The Morgan fingerprint density at radius 1 is 1.32 bits per heavy atom. The van der Waals surface area contributed by atoms with E-state index in [0.29, 0.717) is 23.5 Å². The molecule has 3 rings (SSSR count). The number of aromatic nitrogens is 1. The fourth-order valence-electron chi connectivity index (χ4n) is 3.08. The van der Waals surface area contributed by atoms with Gasteiger partial charge >= 0.3 is 0 Å². The van der Waals surface area contributed by atoms with E-state index >= 15 is 0 Å². The summed E-state index contributed by atoms with van der Waals surface area (Å²) in [5, 5.41) is 2.66. The van der Waals surface area contributed by atoms with E-state index in [0.717, 1.165) is 30.5 Å². The molecule has 0 atom stereocenters. The highest BCUT2D eigenvalue weighted by Gasteiger charge is 2.18. The van der Waals surface area contributed by atoms with Gasteiger partial charge in [0.15, 0.2) is 5.43 Å². The average Bonchev–Trinajstić information content (AvgIpc) is 3.06. The van der Waals surface area contributed by atoms with Gasteiger partial charge in [0.2, 0.25) is 5.91 Å². The highest BCUT2D eigenvalue weighted by molar-refractivity contribution is 5.78. The van der Waals surface area contributed by atoms with Crippen molar-refractivity contribution in [1.29, 1.82) is 0 Å². The molecule has 0 bridgehead atoms. The molecule has 6 heteroatoms. The van der Waals surface area contributed by atoms with Gasteiger partial charge < -0.3 is 15.0 Å². The minimum atomic E-state index is -0.429. The topological polar surface area (TPSA) is 71.2 Å². The Balaban J connectivity index is 1.61. The number of benzene rings is 1. The minimum absolute atomic E-state index is 0.0126.